The lowest BCUT2D eigenvalue weighted by Gasteiger charge is -2.31. The van der Waals surface area contributed by atoms with Crippen LogP contribution in [0.1, 0.15) is 17.2 Å². The molecule has 9 nitrogen and oxygen atoms in total. The molecule has 2 aromatic rings. The zero-order valence-electron chi connectivity index (χ0n) is 12.5. The Balaban J connectivity index is 1.98. The molecule has 0 amide bonds. The van der Waals surface area contributed by atoms with E-state index in [0.717, 1.165) is 18.2 Å². The van der Waals surface area contributed by atoms with Crippen LogP contribution in [0.3, 0.4) is 0 Å². The molecule has 0 bridgehead atoms. The fourth-order valence-electron chi connectivity index (χ4n) is 2.64. The Morgan fingerprint density at radius 1 is 1.08 bits per heavy atom. The first-order valence-corrected chi connectivity index (χ1v) is 8.40. The molecule has 5 N–H and O–H groups in total. The van der Waals surface area contributed by atoms with Gasteiger partial charge in [0.25, 0.3) is 0 Å². The van der Waals surface area contributed by atoms with E-state index >= 15 is 0 Å². The van der Waals surface area contributed by atoms with E-state index in [2.05, 4.69) is 4.18 Å². The molecule has 3 rings (SSSR count). The summed E-state index contributed by atoms with van der Waals surface area (Å²) in [6, 6.07) is 5.96. The van der Waals surface area contributed by atoms with Crippen molar-refractivity contribution in [3.05, 3.63) is 41.5 Å². The van der Waals surface area contributed by atoms with Crippen molar-refractivity contribution in [2.75, 3.05) is 0 Å². The van der Waals surface area contributed by atoms with Crippen LogP contribution in [0.5, 0.6) is 28.7 Å². The Kier molecular flexibility index (Phi) is 4.11. The van der Waals surface area contributed by atoms with Crippen molar-refractivity contribution in [3.63, 3.8) is 0 Å². The molecule has 0 aliphatic carbocycles. The van der Waals surface area contributed by atoms with Crippen molar-refractivity contribution in [2.45, 2.75) is 18.6 Å². The van der Waals surface area contributed by atoms with E-state index in [1.807, 2.05) is 0 Å². The molecular formula is C15H14O9S. The second kappa shape index (κ2) is 5.99. The van der Waals surface area contributed by atoms with Crippen LogP contribution < -0.4 is 8.92 Å². The predicted octanol–water partition coefficient (Wildman–Crippen LogP) is 1.02. The topological polar surface area (TPSA) is 154 Å². The van der Waals surface area contributed by atoms with E-state index < -0.39 is 34.1 Å². The Hall–Kier alpha value is -2.69. The highest BCUT2D eigenvalue weighted by molar-refractivity contribution is 7.81. The van der Waals surface area contributed by atoms with Gasteiger partial charge >= 0.3 is 10.4 Å². The summed E-state index contributed by atoms with van der Waals surface area (Å²) in [6.45, 7) is 0. The average Bonchev–Trinajstić information content (AvgIpc) is 2.48. The summed E-state index contributed by atoms with van der Waals surface area (Å²) < 4.78 is 40.3. The Morgan fingerprint density at radius 2 is 1.80 bits per heavy atom. The number of ether oxygens (including phenoxy) is 1. The first-order chi connectivity index (χ1) is 11.6. The number of aliphatic hydroxyl groups is 1. The molecule has 0 aromatic heterocycles. The number of benzene rings is 2. The average molecular weight is 370 g/mol. The smallest absolute Gasteiger partial charge is 0.446 e. The van der Waals surface area contributed by atoms with E-state index in [0.29, 0.717) is 5.56 Å². The number of hydrogen-bond donors (Lipinski definition) is 5. The lowest BCUT2D eigenvalue weighted by Crippen LogP contribution is -2.30. The lowest BCUT2D eigenvalue weighted by molar-refractivity contribution is 0.0197. The minimum Gasteiger partial charge on any atom is -0.508 e. The standard InChI is InChI=1S/C15H14O9S/c16-8-4-11(18)9-6-12(19)15(23-13(9)5-8)7-1-2-10(17)14(3-7)24-25(20,21)22/h1-5,12,15-19H,6H2,(H,20,21,22)/t12-,15-/m1/s1. The molecule has 0 fully saturated rings. The highest BCUT2D eigenvalue weighted by atomic mass is 32.3. The van der Waals surface area contributed by atoms with Crippen LogP contribution in [0.2, 0.25) is 0 Å². The molecule has 0 unspecified atom stereocenters. The number of aromatic hydroxyl groups is 3. The van der Waals surface area contributed by atoms with E-state index in [-0.39, 0.29) is 29.2 Å². The highest BCUT2D eigenvalue weighted by Crippen LogP contribution is 2.42. The highest BCUT2D eigenvalue weighted by Gasteiger charge is 2.32. The molecule has 1 aliphatic rings. The molecule has 2 aromatic carbocycles. The molecule has 1 aliphatic heterocycles. The molecule has 10 heteroatoms. The summed E-state index contributed by atoms with van der Waals surface area (Å²) in [5.41, 5.74) is 0.562. The first-order valence-electron chi connectivity index (χ1n) is 7.03. The number of hydrogen-bond acceptors (Lipinski definition) is 8. The van der Waals surface area contributed by atoms with Gasteiger partial charge in [-0.05, 0) is 17.7 Å². The van der Waals surface area contributed by atoms with Crippen LogP contribution in [0, 0.1) is 0 Å². The van der Waals surface area contributed by atoms with Crippen molar-refractivity contribution >= 4 is 10.4 Å². The zero-order valence-corrected chi connectivity index (χ0v) is 13.3. The van der Waals surface area contributed by atoms with E-state index in [9.17, 15) is 28.8 Å². The summed E-state index contributed by atoms with van der Waals surface area (Å²) in [6.07, 6.45) is -2.08. The fourth-order valence-corrected chi connectivity index (χ4v) is 3.00. The Labute approximate surface area is 142 Å². The molecule has 0 spiro atoms. The summed E-state index contributed by atoms with van der Waals surface area (Å²) in [4.78, 5) is 0. The zero-order chi connectivity index (χ0) is 18.4. The summed E-state index contributed by atoms with van der Waals surface area (Å²) >= 11 is 0. The van der Waals surface area contributed by atoms with Gasteiger partial charge in [0, 0.05) is 24.1 Å². The van der Waals surface area contributed by atoms with Gasteiger partial charge in [0.15, 0.2) is 11.5 Å². The van der Waals surface area contributed by atoms with Crippen LogP contribution >= 0.6 is 0 Å². The third kappa shape index (κ3) is 3.55. The Bertz CT molecular complexity index is 923. The summed E-state index contributed by atoms with van der Waals surface area (Å²) in [5.74, 6) is -1.39. The van der Waals surface area contributed by atoms with Crippen LogP contribution in [-0.4, -0.2) is 39.5 Å². The van der Waals surface area contributed by atoms with Crippen molar-refractivity contribution in [1.82, 2.24) is 0 Å². The molecule has 134 valence electrons. The predicted molar refractivity (Wildman–Crippen MR) is 83.1 cm³/mol. The van der Waals surface area contributed by atoms with Crippen molar-refractivity contribution < 1.29 is 42.3 Å². The van der Waals surface area contributed by atoms with Gasteiger partial charge in [0.05, 0.1) is 6.10 Å². The van der Waals surface area contributed by atoms with Crippen molar-refractivity contribution in [3.8, 4) is 28.7 Å². The van der Waals surface area contributed by atoms with Gasteiger partial charge in [-0.15, -0.1) is 0 Å². The van der Waals surface area contributed by atoms with Crippen molar-refractivity contribution in [2.24, 2.45) is 0 Å². The van der Waals surface area contributed by atoms with Crippen LogP contribution in [0.4, 0.5) is 0 Å². The van der Waals surface area contributed by atoms with Gasteiger partial charge < -0.3 is 29.3 Å². The molecule has 1 heterocycles. The minimum absolute atomic E-state index is 0.0154. The van der Waals surface area contributed by atoms with Crippen LogP contribution in [0.15, 0.2) is 30.3 Å². The third-order valence-corrected chi connectivity index (χ3v) is 4.08. The van der Waals surface area contributed by atoms with E-state index in [4.69, 9.17) is 9.29 Å². The maximum atomic E-state index is 10.8. The number of phenols is 3. The van der Waals surface area contributed by atoms with E-state index in [1.165, 1.54) is 12.1 Å². The molecule has 0 saturated heterocycles. The fraction of sp³-hybridized carbons (Fsp3) is 0.200. The van der Waals surface area contributed by atoms with Crippen LogP contribution in [0.25, 0.3) is 0 Å². The number of phenolic OH excluding ortho intramolecular Hbond substituents is 3. The van der Waals surface area contributed by atoms with E-state index in [1.54, 1.807) is 0 Å². The van der Waals surface area contributed by atoms with Gasteiger partial charge in [-0.2, -0.15) is 8.42 Å². The second-order valence-corrected chi connectivity index (χ2v) is 6.51. The molecular weight excluding hydrogens is 356 g/mol. The lowest BCUT2D eigenvalue weighted by atomic mass is 9.94. The van der Waals surface area contributed by atoms with Gasteiger partial charge in [-0.3, -0.25) is 4.55 Å². The molecule has 0 radical (unpaired) electrons. The second-order valence-electron chi connectivity index (χ2n) is 5.49. The monoisotopic (exact) mass is 370 g/mol. The van der Waals surface area contributed by atoms with Gasteiger partial charge in [-0.1, -0.05) is 6.07 Å². The van der Waals surface area contributed by atoms with Gasteiger partial charge in [0.1, 0.15) is 23.4 Å². The van der Waals surface area contributed by atoms with Gasteiger partial charge in [0.2, 0.25) is 0 Å². The largest absolute Gasteiger partial charge is 0.508 e. The normalized spacial score (nSPS) is 19.8. The SMILES string of the molecule is O=S(=O)(O)Oc1cc([C@H]2Oc3cc(O)cc(O)c3C[C@H]2O)ccc1O. The quantitative estimate of drug-likeness (QED) is 0.498. The molecule has 0 saturated carbocycles. The summed E-state index contributed by atoms with van der Waals surface area (Å²) in [7, 11) is -4.85. The number of aliphatic hydroxyl groups excluding tert-OH is 1. The minimum atomic E-state index is -4.85. The molecule has 2 atom stereocenters. The molecule has 25 heavy (non-hydrogen) atoms. The first kappa shape index (κ1) is 17.1. The summed E-state index contributed by atoms with van der Waals surface area (Å²) in [5, 5.41) is 39.3. The third-order valence-electron chi connectivity index (χ3n) is 3.69. The maximum absolute atomic E-state index is 10.8. The number of fused-ring (bicyclic) bond motifs is 1. The maximum Gasteiger partial charge on any atom is 0.446 e. The number of rotatable bonds is 3. The van der Waals surface area contributed by atoms with Crippen molar-refractivity contribution in [1.29, 1.82) is 0 Å². The van der Waals surface area contributed by atoms with Crippen LogP contribution in [-0.2, 0) is 16.8 Å². The Morgan fingerprint density at radius 3 is 2.48 bits per heavy atom. The van der Waals surface area contributed by atoms with Gasteiger partial charge in [-0.25, -0.2) is 0 Å².